The Morgan fingerprint density at radius 2 is 1.53 bits per heavy atom. The maximum absolute atomic E-state index is 12.8. The van der Waals surface area contributed by atoms with Crippen LogP contribution >= 0.6 is 0 Å². The van der Waals surface area contributed by atoms with E-state index in [0.717, 1.165) is 0 Å². The zero-order valence-electron chi connectivity index (χ0n) is 19.3. The lowest BCUT2D eigenvalue weighted by Crippen LogP contribution is -2.60. The van der Waals surface area contributed by atoms with Crippen LogP contribution in [0.4, 0.5) is 0 Å². The quantitative estimate of drug-likeness (QED) is 0.0525. The van der Waals surface area contributed by atoms with Crippen LogP contribution in [0.1, 0.15) is 39.0 Å². The van der Waals surface area contributed by atoms with Crippen LogP contribution in [0.5, 0.6) is 0 Å². The van der Waals surface area contributed by atoms with Crippen molar-refractivity contribution in [2.24, 2.45) is 27.9 Å². The standard InChI is InChI=1S/C19H38N8O7/c1-10(29)14(27-15(30)11(21)5-2-3-7-20)17(32)25-12(6-4-8-24-19(22)23)16(31)26-13(9-28)18(33)34/h10-14,28-29H,2-9,20-21H2,1H3,(H,25,32)(H,26,31)(H,27,30)(H,33,34)(H4,22,23,24). The van der Waals surface area contributed by atoms with Crippen molar-refractivity contribution < 1.29 is 34.5 Å². The van der Waals surface area contributed by atoms with Gasteiger partial charge in [0.2, 0.25) is 17.7 Å². The molecule has 0 aromatic rings. The number of nitrogens with two attached hydrogens (primary N) is 4. The fourth-order valence-electron chi connectivity index (χ4n) is 2.80. The molecule has 0 aliphatic rings. The number of aliphatic imine (C=N–C) groups is 1. The van der Waals surface area contributed by atoms with Gasteiger partial charge in [-0.05, 0) is 39.2 Å². The summed E-state index contributed by atoms with van der Waals surface area (Å²) in [5, 5.41) is 35.1. The number of aliphatic hydroxyl groups is 2. The highest BCUT2D eigenvalue weighted by Crippen LogP contribution is 2.04. The number of rotatable bonds is 17. The topological polar surface area (TPSA) is 282 Å². The maximum Gasteiger partial charge on any atom is 0.328 e. The van der Waals surface area contributed by atoms with Crippen LogP contribution < -0.4 is 38.9 Å². The number of carboxylic acid groups (broad SMARTS) is 1. The Morgan fingerprint density at radius 3 is 2.03 bits per heavy atom. The SMILES string of the molecule is CC(O)C(NC(=O)C(N)CCCCN)C(=O)NC(CCCN=C(N)N)C(=O)NC(CO)C(=O)O. The van der Waals surface area contributed by atoms with Gasteiger partial charge in [0.1, 0.15) is 18.1 Å². The Balaban J connectivity index is 5.37. The lowest BCUT2D eigenvalue weighted by atomic mass is 10.1. The lowest BCUT2D eigenvalue weighted by Gasteiger charge is -2.26. The summed E-state index contributed by atoms with van der Waals surface area (Å²) in [7, 11) is 0. The molecule has 34 heavy (non-hydrogen) atoms. The highest BCUT2D eigenvalue weighted by molar-refractivity contribution is 5.94. The second-order valence-corrected chi connectivity index (χ2v) is 7.71. The van der Waals surface area contributed by atoms with Crippen LogP contribution in [0.15, 0.2) is 4.99 Å². The molecule has 0 spiro atoms. The fraction of sp³-hybridized carbons (Fsp3) is 0.737. The van der Waals surface area contributed by atoms with E-state index in [1.807, 2.05) is 0 Å². The maximum atomic E-state index is 12.8. The van der Waals surface area contributed by atoms with Crippen molar-refractivity contribution >= 4 is 29.7 Å². The minimum absolute atomic E-state index is 0.00873. The molecule has 0 fully saturated rings. The van der Waals surface area contributed by atoms with Crippen LogP contribution in [-0.2, 0) is 19.2 Å². The summed E-state index contributed by atoms with van der Waals surface area (Å²) >= 11 is 0. The van der Waals surface area contributed by atoms with Crippen LogP contribution in [0.2, 0.25) is 0 Å². The molecule has 0 radical (unpaired) electrons. The Bertz CT molecular complexity index is 700. The van der Waals surface area contributed by atoms with Gasteiger partial charge in [0.05, 0.1) is 18.8 Å². The van der Waals surface area contributed by atoms with E-state index in [2.05, 4.69) is 20.9 Å². The molecule has 5 unspecified atom stereocenters. The molecule has 0 saturated heterocycles. The predicted octanol–water partition coefficient (Wildman–Crippen LogP) is -4.59. The summed E-state index contributed by atoms with van der Waals surface area (Å²) in [6.07, 6.45) is 0.475. The van der Waals surface area contributed by atoms with E-state index < -0.39 is 60.6 Å². The molecule has 0 aromatic carbocycles. The Labute approximate surface area is 197 Å². The van der Waals surface area contributed by atoms with Crippen LogP contribution in [-0.4, -0.2) is 94.9 Å². The molecular formula is C19H38N8O7. The van der Waals surface area contributed by atoms with Crippen molar-refractivity contribution in [1.29, 1.82) is 0 Å². The second-order valence-electron chi connectivity index (χ2n) is 7.71. The molecule has 0 bridgehead atoms. The van der Waals surface area contributed by atoms with Gasteiger partial charge in [-0.2, -0.15) is 0 Å². The van der Waals surface area contributed by atoms with E-state index in [4.69, 9.17) is 33.1 Å². The summed E-state index contributed by atoms with van der Waals surface area (Å²) in [6.45, 7) is 0.964. The monoisotopic (exact) mass is 490 g/mol. The number of aliphatic carboxylic acids is 1. The minimum atomic E-state index is -1.59. The van der Waals surface area contributed by atoms with E-state index in [1.54, 1.807) is 0 Å². The van der Waals surface area contributed by atoms with E-state index in [9.17, 15) is 24.3 Å². The van der Waals surface area contributed by atoms with Crippen molar-refractivity contribution in [3.63, 3.8) is 0 Å². The number of carbonyl (C=O) groups excluding carboxylic acids is 3. The molecular weight excluding hydrogens is 452 g/mol. The van der Waals surface area contributed by atoms with Crippen LogP contribution in [0.25, 0.3) is 0 Å². The molecule has 3 amide bonds. The molecule has 5 atom stereocenters. The van der Waals surface area contributed by atoms with E-state index >= 15 is 0 Å². The predicted molar refractivity (Wildman–Crippen MR) is 123 cm³/mol. The van der Waals surface area contributed by atoms with E-state index in [-0.39, 0.29) is 25.3 Å². The zero-order valence-corrected chi connectivity index (χ0v) is 19.3. The van der Waals surface area contributed by atoms with Crippen LogP contribution in [0, 0.1) is 0 Å². The molecule has 0 rings (SSSR count). The zero-order chi connectivity index (χ0) is 26.3. The number of aliphatic hydroxyl groups excluding tert-OH is 2. The van der Waals surface area contributed by atoms with Crippen molar-refractivity contribution in [2.75, 3.05) is 19.7 Å². The van der Waals surface area contributed by atoms with Gasteiger partial charge in [-0.25, -0.2) is 4.79 Å². The number of amides is 3. The van der Waals surface area contributed by atoms with Crippen molar-refractivity contribution in [1.82, 2.24) is 16.0 Å². The first-order valence-electron chi connectivity index (χ1n) is 10.9. The molecule has 0 aliphatic heterocycles. The van der Waals surface area contributed by atoms with Gasteiger partial charge >= 0.3 is 5.97 Å². The van der Waals surface area contributed by atoms with E-state index in [1.165, 1.54) is 6.92 Å². The molecule has 15 nitrogen and oxygen atoms in total. The Hall–Kier alpha value is -3.01. The third-order valence-electron chi connectivity index (χ3n) is 4.74. The number of unbranched alkanes of at least 4 members (excludes halogenated alkanes) is 1. The van der Waals surface area contributed by atoms with Gasteiger partial charge in [-0.3, -0.25) is 19.4 Å². The minimum Gasteiger partial charge on any atom is -0.480 e. The third-order valence-corrected chi connectivity index (χ3v) is 4.74. The summed E-state index contributed by atoms with van der Waals surface area (Å²) in [5.74, 6) is -4.10. The molecule has 15 heteroatoms. The number of carboxylic acids is 1. The number of hydrogen-bond donors (Lipinski definition) is 10. The number of nitrogens with zero attached hydrogens (tertiary/aromatic N) is 1. The Kier molecular flexibility index (Phi) is 15.1. The highest BCUT2D eigenvalue weighted by atomic mass is 16.4. The first kappa shape index (κ1) is 31.0. The van der Waals surface area contributed by atoms with Gasteiger partial charge in [-0.15, -0.1) is 0 Å². The van der Waals surface area contributed by atoms with Gasteiger partial charge in [0.25, 0.3) is 0 Å². The van der Waals surface area contributed by atoms with Crippen LogP contribution in [0.3, 0.4) is 0 Å². The van der Waals surface area contributed by atoms with Gasteiger partial charge in [0, 0.05) is 6.54 Å². The smallest absolute Gasteiger partial charge is 0.328 e. The molecule has 0 aromatic heterocycles. The first-order chi connectivity index (χ1) is 15.9. The second kappa shape index (κ2) is 16.6. The van der Waals surface area contributed by atoms with E-state index in [0.29, 0.717) is 25.8 Å². The van der Waals surface area contributed by atoms with Gasteiger partial charge < -0.3 is 54.2 Å². The number of nitrogens with one attached hydrogen (secondary N) is 3. The fourth-order valence-corrected chi connectivity index (χ4v) is 2.80. The largest absolute Gasteiger partial charge is 0.480 e. The number of guanidine groups is 1. The lowest BCUT2D eigenvalue weighted by molar-refractivity contribution is -0.143. The average Bonchev–Trinajstić information content (AvgIpc) is 2.76. The summed E-state index contributed by atoms with van der Waals surface area (Å²) in [4.78, 5) is 52.6. The number of hydrogen-bond acceptors (Lipinski definition) is 9. The Morgan fingerprint density at radius 1 is 0.912 bits per heavy atom. The van der Waals surface area contributed by atoms with Crippen molar-refractivity contribution in [2.45, 2.75) is 69.3 Å². The molecule has 0 saturated carbocycles. The molecule has 14 N–H and O–H groups in total. The normalized spacial score (nSPS) is 15.2. The summed E-state index contributed by atoms with van der Waals surface area (Å²) in [5.41, 5.74) is 21.7. The molecule has 196 valence electrons. The molecule has 0 aliphatic carbocycles. The molecule has 0 heterocycles. The highest BCUT2D eigenvalue weighted by Gasteiger charge is 2.32. The number of carbonyl (C=O) groups is 4. The van der Waals surface area contributed by atoms with Crippen molar-refractivity contribution in [3.8, 4) is 0 Å². The average molecular weight is 491 g/mol. The summed E-state index contributed by atoms with van der Waals surface area (Å²) < 4.78 is 0. The third kappa shape index (κ3) is 12.3. The van der Waals surface area contributed by atoms with Gasteiger partial charge in [0.15, 0.2) is 5.96 Å². The summed E-state index contributed by atoms with van der Waals surface area (Å²) in [6, 6.07) is -5.23. The first-order valence-corrected chi connectivity index (χ1v) is 10.9. The van der Waals surface area contributed by atoms with Crippen molar-refractivity contribution in [3.05, 3.63) is 0 Å². The van der Waals surface area contributed by atoms with Gasteiger partial charge in [-0.1, -0.05) is 6.42 Å².